The molecule has 0 saturated heterocycles. The van der Waals surface area contributed by atoms with E-state index in [9.17, 15) is 0 Å². The molecule has 1 aromatic heterocycles. The molecule has 0 aliphatic heterocycles. The highest BCUT2D eigenvalue weighted by molar-refractivity contribution is 6.14. The lowest BCUT2D eigenvalue weighted by Crippen LogP contribution is -2.29. The number of aromatic nitrogens is 1. The molecule has 0 amide bonds. The van der Waals surface area contributed by atoms with Crippen LogP contribution in [0.25, 0.3) is 76.9 Å². The molecule has 0 unspecified atom stereocenters. The predicted molar refractivity (Wildman–Crippen MR) is 306 cm³/mol. The first-order chi connectivity index (χ1) is 35.6. The van der Waals surface area contributed by atoms with Gasteiger partial charge >= 0.3 is 0 Å². The third-order valence-corrected chi connectivity index (χ3v) is 15.0. The monoisotopic (exact) mass is 918 g/mol. The Bertz CT molecular complexity index is 4040. The van der Waals surface area contributed by atoms with Gasteiger partial charge in [0, 0.05) is 33.5 Å². The number of fused-ring (bicyclic) bond motifs is 7. The van der Waals surface area contributed by atoms with Crippen molar-refractivity contribution in [3.8, 4) is 27.9 Å². The van der Waals surface area contributed by atoms with Crippen LogP contribution in [0.4, 0.5) is 17.1 Å². The molecule has 0 saturated carbocycles. The highest BCUT2D eigenvalue weighted by Gasteiger charge is 2.46. The Kier molecular flexibility index (Phi) is 10.5. The Morgan fingerprint density at radius 2 is 1.00 bits per heavy atom. The number of hydrogen-bond acceptors (Lipinski definition) is 1. The Morgan fingerprint density at radius 3 is 1.69 bits per heavy atom. The summed E-state index contributed by atoms with van der Waals surface area (Å²) in [6.45, 7) is 6.60. The van der Waals surface area contributed by atoms with Crippen LogP contribution in [0.2, 0.25) is 0 Å². The fourth-order valence-electron chi connectivity index (χ4n) is 11.8. The van der Waals surface area contributed by atoms with Crippen LogP contribution in [0, 0.1) is 0 Å². The summed E-state index contributed by atoms with van der Waals surface area (Å²) in [5.41, 5.74) is 18.1. The topological polar surface area (TPSA) is 8.17 Å². The minimum Gasteiger partial charge on any atom is -0.310 e. The van der Waals surface area contributed by atoms with E-state index in [0.29, 0.717) is 0 Å². The van der Waals surface area contributed by atoms with Crippen LogP contribution in [-0.4, -0.2) is 4.57 Å². The number of anilines is 3. The summed E-state index contributed by atoms with van der Waals surface area (Å²) in [6, 6.07) is 93.4. The maximum atomic E-state index is 4.50. The second-order valence-corrected chi connectivity index (χ2v) is 18.8. The molecular weight excluding hydrogens is 869 g/mol. The summed E-state index contributed by atoms with van der Waals surface area (Å²) in [6.07, 6.45) is 6.49. The Morgan fingerprint density at radius 1 is 0.431 bits per heavy atom. The van der Waals surface area contributed by atoms with E-state index < -0.39 is 5.41 Å². The van der Waals surface area contributed by atoms with Crippen LogP contribution in [0.3, 0.4) is 0 Å². The average Bonchev–Trinajstić information content (AvgIpc) is 3.93. The Labute approximate surface area is 421 Å². The number of benzene rings is 11. The highest BCUT2D eigenvalue weighted by atomic mass is 15.1. The van der Waals surface area contributed by atoms with Crippen molar-refractivity contribution in [2.45, 2.75) is 12.3 Å². The molecule has 0 fully saturated rings. The minimum atomic E-state index is -0.608. The molecule has 1 heterocycles. The van der Waals surface area contributed by atoms with E-state index in [2.05, 4.69) is 296 Å². The number of nitrogens with zero attached hydrogens (tertiary/aromatic N) is 2. The second-order valence-electron chi connectivity index (χ2n) is 18.8. The summed E-state index contributed by atoms with van der Waals surface area (Å²) in [7, 11) is 0. The number of para-hydroxylation sites is 2. The largest absolute Gasteiger partial charge is 0.310 e. The van der Waals surface area contributed by atoms with E-state index >= 15 is 0 Å². The lowest BCUT2D eigenvalue weighted by atomic mass is 9.66. The summed E-state index contributed by atoms with van der Waals surface area (Å²) >= 11 is 0. The Balaban J connectivity index is 0.983. The third-order valence-electron chi connectivity index (χ3n) is 15.0. The molecule has 1 aliphatic rings. The molecule has 0 spiro atoms. The Hall–Kier alpha value is -9.24. The van der Waals surface area contributed by atoms with Crippen molar-refractivity contribution in [1.82, 2.24) is 4.57 Å². The van der Waals surface area contributed by atoms with Crippen molar-refractivity contribution in [3.05, 3.63) is 307 Å². The van der Waals surface area contributed by atoms with Crippen molar-refractivity contribution in [1.29, 1.82) is 0 Å². The molecule has 0 bridgehead atoms. The van der Waals surface area contributed by atoms with Gasteiger partial charge in [-0.2, -0.15) is 0 Å². The van der Waals surface area contributed by atoms with Crippen molar-refractivity contribution in [2.24, 2.45) is 0 Å². The normalized spacial score (nSPS) is 13.1. The molecule has 0 N–H and O–H groups in total. The van der Waals surface area contributed by atoms with E-state index in [-0.39, 0.29) is 0 Å². The standard InChI is InChI=1S/C70H50N2/c1-3-19-61-62-44-43-58(47-66(62)70(65(61)4-2,53-22-8-5-9-23-53)54-24-10-6-11-25-54)71(57-41-36-50(37-42-57)60-30-18-21-51-33-32-49-20-14-15-28-59(49)69(51)60)56-39-34-48(35-40-56)52-38-45-68-64(46-52)63-29-16-17-31-67(63)72(68)55-26-12-7-13-27-55/h3-47H,2H2,1H3/b19-3-. The van der Waals surface area contributed by atoms with Crippen LogP contribution in [0.15, 0.2) is 285 Å². The van der Waals surface area contributed by atoms with E-state index in [1.165, 1.54) is 93.4 Å². The van der Waals surface area contributed by atoms with Crippen LogP contribution >= 0.6 is 0 Å². The first-order valence-corrected chi connectivity index (χ1v) is 24.9. The lowest BCUT2D eigenvalue weighted by Gasteiger charge is -2.35. The van der Waals surface area contributed by atoms with E-state index in [4.69, 9.17) is 0 Å². The van der Waals surface area contributed by atoms with Crippen molar-refractivity contribution in [3.63, 3.8) is 0 Å². The van der Waals surface area contributed by atoms with Gasteiger partial charge in [-0.3, -0.25) is 0 Å². The number of hydrogen-bond donors (Lipinski definition) is 0. The molecule has 0 radical (unpaired) electrons. The van der Waals surface area contributed by atoms with Crippen molar-refractivity contribution in [2.75, 3.05) is 4.90 Å². The number of rotatable bonds is 10. The molecular formula is C70H50N2. The van der Waals surface area contributed by atoms with Crippen LogP contribution < -0.4 is 4.90 Å². The smallest absolute Gasteiger partial charge is 0.0714 e. The van der Waals surface area contributed by atoms with E-state index in [1.54, 1.807) is 0 Å². The molecule has 2 nitrogen and oxygen atoms in total. The van der Waals surface area contributed by atoms with Gasteiger partial charge < -0.3 is 9.47 Å². The first-order valence-electron chi connectivity index (χ1n) is 24.9. The maximum Gasteiger partial charge on any atom is 0.0714 e. The zero-order chi connectivity index (χ0) is 48.2. The summed E-state index contributed by atoms with van der Waals surface area (Å²) in [5, 5.41) is 7.50. The molecule has 72 heavy (non-hydrogen) atoms. The van der Waals surface area contributed by atoms with Crippen molar-refractivity contribution >= 4 is 66.0 Å². The van der Waals surface area contributed by atoms with Gasteiger partial charge in [-0.1, -0.05) is 213 Å². The number of allylic oxidation sites excluding steroid dienone is 5. The average molecular weight is 919 g/mol. The second kappa shape index (κ2) is 17.6. The fourth-order valence-corrected chi connectivity index (χ4v) is 11.8. The highest BCUT2D eigenvalue weighted by Crippen LogP contribution is 2.56. The van der Waals surface area contributed by atoms with E-state index in [1.807, 2.05) is 0 Å². The van der Waals surface area contributed by atoms with Gasteiger partial charge in [-0.15, -0.1) is 0 Å². The quantitative estimate of drug-likeness (QED) is 0.124. The third kappa shape index (κ3) is 6.79. The predicted octanol–water partition coefficient (Wildman–Crippen LogP) is 18.8. The van der Waals surface area contributed by atoms with E-state index in [0.717, 1.165) is 28.3 Å². The van der Waals surface area contributed by atoms with Gasteiger partial charge in [0.15, 0.2) is 0 Å². The summed E-state index contributed by atoms with van der Waals surface area (Å²) in [4.78, 5) is 2.42. The molecule has 0 atom stereocenters. The van der Waals surface area contributed by atoms with Gasteiger partial charge in [-0.25, -0.2) is 0 Å². The molecule has 11 aromatic carbocycles. The zero-order valence-electron chi connectivity index (χ0n) is 40.1. The van der Waals surface area contributed by atoms with Crippen LogP contribution in [0.5, 0.6) is 0 Å². The SMILES string of the molecule is C=CC1=C(/C=C\C)c2ccc(N(c3ccc(-c4ccc5c(c4)c4ccccc4n5-c4ccccc4)cc3)c3ccc(-c4cccc5ccc6ccccc6c45)cc3)cc2C1(c1ccccc1)c1ccccc1. The summed E-state index contributed by atoms with van der Waals surface area (Å²) in [5.74, 6) is 0. The first kappa shape index (κ1) is 42.8. The molecule has 1 aliphatic carbocycles. The zero-order valence-corrected chi connectivity index (χ0v) is 40.1. The van der Waals surface area contributed by atoms with Gasteiger partial charge in [0.25, 0.3) is 0 Å². The fraction of sp³-hybridized carbons (Fsp3) is 0.0286. The molecule has 2 heteroatoms. The summed E-state index contributed by atoms with van der Waals surface area (Å²) < 4.78 is 2.37. The molecule has 12 aromatic rings. The van der Waals surface area contributed by atoms with Gasteiger partial charge in [0.1, 0.15) is 0 Å². The van der Waals surface area contributed by atoms with Crippen LogP contribution in [0.1, 0.15) is 29.2 Å². The minimum absolute atomic E-state index is 0.608. The van der Waals surface area contributed by atoms with Gasteiger partial charge in [0.2, 0.25) is 0 Å². The molecule has 340 valence electrons. The maximum absolute atomic E-state index is 4.50. The lowest BCUT2D eigenvalue weighted by molar-refractivity contribution is 0.762. The van der Waals surface area contributed by atoms with Crippen LogP contribution in [-0.2, 0) is 5.41 Å². The molecule has 13 rings (SSSR count). The van der Waals surface area contributed by atoms with Gasteiger partial charge in [-0.05, 0) is 151 Å². The van der Waals surface area contributed by atoms with Gasteiger partial charge in [0.05, 0.1) is 16.4 Å². The van der Waals surface area contributed by atoms with Crippen molar-refractivity contribution < 1.29 is 0 Å².